The van der Waals surface area contributed by atoms with Crippen LogP contribution in [0.3, 0.4) is 0 Å². The molecule has 2 aromatic carbocycles. The predicted molar refractivity (Wildman–Crippen MR) is 125 cm³/mol. The summed E-state index contributed by atoms with van der Waals surface area (Å²) in [6.45, 7) is 5.66. The molecule has 0 saturated heterocycles. The van der Waals surface area contributed by atoms with Crippen LogP contribution in [0.2, 0.25) is 0 Å². The molecular formula is C23H20FN3O2S2. The number of benzene rings is 2. The van der Waals surface area contributed by atoms with Crippen molar-refractivity contribution in [1.29, 1.82) is 0 Å². The van der Waals surface area contributed by atoms with Crippen molar-refractivity contribution < 1.29 is 9.18 Å². The maximum atomic E-state index is 13.7. The van der Waals surface area contributed by atoms with E-state index in [0.717, 1.165) is 11.1 Å². The monoisotopic (exact) mass is 453 g/mol. The molecule has 0 bridgehead atoms. The lowest BCUT2D eigenvalue weighted by atomic mass is 10.1. The second-order valence-electron chi connectivity index (χ2n) is 7.24. The van der Waals surface area contributed by atoms with Crippen molar-refractivity contribution >= 4 is 44.9 Å². The molecule has 31 heavy (non-hydrogen) atoms. The van der Waals surface area contributed by atoms with Gasteiger partial charge in [-0.3, -0.25) is 14.2 Å². The number of anilines is 1. The largest absolute Gasteiger partial charge is 0.325 e. The first-order chi connectivity index (χ1) is 14.8. The number of thioether (sulfide) groups is 1. The number of carbonyl (C=O) groups excluding carboxylic acids is 1. The number of halogens is 1. The van der Waals surface area contributed by atoms with Gasteiger partial charge in [0, 0.05) is 5.69 Å². The second kappa shape index (κ2) is 8.64. The van der Waals surface area contributed by atoms with Gasteiger partial charge in [0.2, 0.25) is 5.91 Å². The maximum absolute atomic E-state index is 13.7. The van der Waals surface area contributed by atoms with Crippen molar-refractivity contribution in [2.75, 3.05) is 11.1 Å². The SMILES string of the molecule is Cc1ccc(-n2c(SCC(=O)Nc3ccc(C)c(F)c3)nc3ccsc3c2=O)cc1C. The molecule has 2 heterocycles. The Morgan fingerprint density at radius 3 is 2.61 bits per heavy atom. The molecule has 0 aliphatic heterocycles. The third kappa shape index (κ3) is 4.40. The molecule has 0 aliphatic carbocycles. The number of nitrogens with zero attached hydrogens (tertiary/aromatic N) is 2. The molecule has 158 valence electrons. The van der Waals surface area contributed by atoms with Gasteiger partial charge in [-0.1, -0.05) is 23.9 Å². The zero-order chi connectivity index (χ0) is 22.1. The molecule has 2 aromatic heterocycles. The lowest BCUT2D eigenvalue weighted by Gasteiger charge is -2.13. The fraction of sp³-hybridized carbons (Fsp3) is 0.174. The van der Waals surface area contributed by atoms with Gasteiger partial charge in [-0.2, -0.15) is 0 Å². The van der Waals surface area contributed by atoms with E-state index in [0.29, 0.717) is 32.3 Å². The maximum Gasteiger partial charge on any atom is 0.276 e. The summed E-state index contributed by atoms with van der Waals surface area (Å²) in [6, 6.07) is 12.1. The molecule has 4 rings (SSSR count). The zero-order valence-corrected chi connectivity index (χ0v) is 18.9. The summed E-state index contributed by atoms with van der Waals surface area (Å²) in [7, 11) is 0. The number of aromatic nitrogens is 2. The summed E-state index contributed by atoms with van der Waals surface area (Å²) in [4.78, 5) is 30.3. The number of hydrogen-bond acceptors (Lipinski definition) is 5. The zero-order valence-electron chi connectivity index (χ0n) is 17.2. The summed E-state index contributed by atoms with van der Waals surface area (Å²) < 4.78 is 15.9. The first-order valence-electron chi connectivity index (χ1n) is 9.60. The summed E-state index contributed by atoms with van der Waals surface area (Å²) in [6.07, 6.45) is 0. The quantitative estimate of drug-likeness (QED) is 0.331. The molecule has 8 heteroatoms. The van der Waals surface area contributed by atoms with Crippen molar-refractivity contribution in [3.63, 3.8) is 0 Å². The van der Waals surface area contributed by atoms with E-state index in [9.17, 15) is 14.0 Å². The minimum atomic E-state index is -0.376. The van der Waals surface area contributed by atoms with Crippen LogP contribution < -0.4 is 10.9 Å². The fourth-order valence-electron chi connectivity index (χ4n) is 3.08. The van der Waals surface area contributed by atoms with Crippen LogP contribution in [0.25, 0.3) is 15.9 Å². The third-order valence-corrected chi connectivity index (χ3v) is 6.82. The Morgan fingerprint density at radius 2 is 1.87 bits per heavy atom. The Morgan fingerprint density at radius 1 is 1.10 bits per heavy atom. The van der Waals surface area contributed by atoms with E-state index < -0.39 is 0 Å². The molecule has 1 amide bonds. The normalized spacial score (nSPS) is 11.1. The molecule has 5 nitrogen and oxygen atoms in total. The van der Waals surface area contributed by atoms with Crippen molar-refractivity contribution in [3.05, 3.63) is 80.7 Å². The van der Waals surface area contributed by atoms with Crippen molar-refractivity contribution in [1.82, 2.24) is 9.55 Å². The molecule has 0 fully saturated rings. The van der Waals surface area contributed by atoms with Crippen molar-refractivity contribution in [3.8, 4) is 5.69 Å². The van der Waals surface area contributed by atoms with Gasteiger partial charge in [-0.25, -0.2) is 9.37 Å². The smallest absolute Gasteiger partial charge is 0.276 e. The highest BCUT2D eigenvalue weighted by Gasteiger charge is 2.16. The summed E-state index contributed by atoms with van der Waals surface area (Å²) in [5, 5.41) is 4.95. The lowest BCUT2D eigenvalue weighted by molar-refractivity contribution is -0.113. The van der Waals surface area contributed by atoms with Gasteiger partial charge in [-0.15, -0.1) is 11.3 Å². The van der Waals surface area contributed by atoms with Gasteiger partial charge in [0.1, 0.15) is 10.5 Å². The molecule has 4 aromatic rings. The van der Waals surface area contributed by atoms with E-state index in [1.807, 2.05) is 37.4 Å². The van der Waals surface area contributed by atoms with E-state index >= 15 is 0 Å². The van der Waals surface area contributed by atoms with Gasteiger partial charge in [0.25, 0.3) is 5.56 Å². The van der Waals surface area contributed by atoms with Crippen LogP contribution in [0.1, 0.15) is 16.7 Å². The molecule has 0 unspecified atom stereocenters. The topological polar surface area (TPSA) is 64.0 Å². The van der Waals surface area contributed by atoms with Gasteiger partial charge < -0.3 is 5.32 Å². The fourth-order valence-corrected chi connectivity index (χ4v) is 4.65. The molecular weight excluding hydrogens is 433 g/mol. The van der Waals surface area contributed by atoms with Crippen LogP contribution in [-0.4, -0.2) is 21.2 Å². The van der Waals surface area contributed by atoms with Crippen LogP contribution in [-0.2, 0) is 4.79 Å². The molecule has 0 spiro atoms. The van der Waals surface area contributed by atoms with E-state index in [2.05, 4.69) is 10.3 Å². The second-order valence-corrected chi connectivity index (χ2v) is 9.10. The number of thiophene rings is 1. The number of fused-ring (bicyclic) bond motifs is 1. The van der Waals surface area contributed by atoms with Gasteiger partial charge in [0.15, 0.2) is 5.16 Å². The molecule has 0 aliphatic rings. The molecule has 0 atom stereocenters. The van der Waals surface area contributed by atoms with Crippen LogP contribution >= 0.6 is 23.1 Å². The summed E-state index contributed by atoms with van der Waals surface area (Å²) in [5.41, 5.74) is 4.25. The standard InChI is InChI=1S/C23H20FN3O2S2/c1-13-5-7-17(10-15(13)3)27-22(29)21-19(8-9-30-21)26-23(27)31-12-20(28)25-16-6-4-14(2)18(24)11-16/h4-11H,12H2,1-3H3,(H,25,28). The van der Waals surface area contributed by atoms with Crippen LogP contribution in [0.4, 0.5) is 10.1 Å². The number of nitrogens with one attached hydrogen (secondary N) is 1. The Labute approximate surface area is 187 Å². The van der Waals surface area contributed by atoms with Crippen LogP contribution in [0.5, 0.6) is 0 Å². The van der Waals surface area contributed by atoms with Gasteiger partial charge >= 0.3 is 0 Å². The highest BCUT2D eigenvalue weighted by molar-refractivity contribution is 7.99. The summed E-state index contributed by atoms with van der Waals surface area (Å²) in [5.74, 6) is -0.652. The number of aryl methyl sites for hydroxylation is 3. The lowest BCUT2D eigenvalue weighted by Crippen LogP contribution is -2.22. The Bertz CT molecular complexity index is 1360. The Balaban J connectivity index is 1.64. The van der Waals surface area contributed by atoms with E-state index in [4.69, 9.17) is 0 Å². The minimum Gasteiger partial charge on any atom is -0.325 e. The van der Waals surface area contributed by atoms with Gasteiger partial charge in [0.05, 0.1) is 17.0 Å². The Hall–Kier alpha value is -2.97. The van der Waals surface area contributed by atoms with Crippen molar-refractivity contribution in [2.45, 2.75) is 25.9 Å². The minimum absolute atomic E-state index is 0.0302. The molecule has 0 saturated carbocycles. The summed E-state index contributed by atoms with van der Waals surface area (Å²) >= 11 is 2.52. The van der Waals surface area contributed by atoms with E-state index in [1.165, 1.54) is 29.2 Å². The molecule has 0 radical (unpaired) electrons. The first kappa shape index (κ1) is 21.3. The van der Waals surface area contributed by atoms with Crippen LogP contribution in [0.15, 0.2) is 57.8 Å². The Kier molecular flexibility index (Phi) is 5.93. The highest BCUT2D eigenvalue weighted by Crippen LogP contribution is 2.25. The average Bonchev–Trinajstić information content (AvgIpc) is 3.20. The predicted octanol–water partition coefficient (Wildman–Crippen LogP) is 5.24. The number of carbonyl (C=O) groups is 1. The number of rotatable bonds is 5. The number of hydrogen-bond donors (Lipinski definition) is 1. The van der Waals surface area contributed by atoms with E-state index in [-0.39, 0.29) is 23.0 Å². The van der Waals surface area contributed by atoms with Crippen LogP contribution in [0, 0.1) is 26.6 Å². The first-order valence-corrected chi connectivity index (χ1v) is 11.5. The number of amides is 1. The third-order valence-electron chi connectivity index (χ3n) is 4.99. The van der Waals surface area contributed by atoms with E-state index in [1.54, 1.807) is 29.7 Å². The highest BCUT2D eigenvalue weighted by atomic mass is 32.2. The molecule has 1 N–H and O–H groups in total. The van der Waals surface area contributed by atoms with Crippen molar-refractivity contribution in [2.24, 2.45) is 0 Å². The average molecular weight is 454 g/mol. The van der Waals surface area contributed by atoms with Gasteiger partial charge in [-0.05, 0) is 73.2 Å².